The number of aryl methyl sites for hydroxylation is 1. The molecule has 0 spiro atoms. The zero-order chi connectivity index (χ0) is 17.2. The maximum Gasteiger partial charge on any atom is 0.240 e. The zero-order valence-corrected chi connectivity index (χ0v) is 15.0. The van der Waals surface area contributed by atoms with Crippen LogP contribution in [0.5, 0.6) is 0 Å². The van der Waals surface area contributed by atoms with E-state index in [9.17, 15) is 0 Å². The molecule has 25 heavy (non-hydrogen) atoms. The lowest BCUT2D eigenvalue weighted by Gasteiger charge is -2.22. The molecule has 8 nitrogen and oxygen atoms in total. The van der Waals surface area contributed by atoms with Gasteiger partial charge in [-0.15, -0.1) is 10.2 Å². The molecule has 1 aliphatic carbocycles. The first-order valence-electron chi connectivity index (χ1n) is 9.27. The third-order valence-corrected chi connectivity index (χ3v) is 5.01. The van der Waals surface area contributed by atoms with Gasteiger partial charge in [0.25, 0.3) is 0 Å². The molecule has 0 aromatic carbocycles. The number of hydrogen-bond acceptors (Lipinski definition) is 8. The Morgan fingerprint density at radius 2 is 2.08 bits per heavy atom. The highest BCUT2D eigenvalue weighted by Gasteiger charge is 2.31. The molecule has 0 radical (unpaired) electrons. The van der Waals surface area contributed by atoms with Gasteiger partial charge in [0.05, 0.1) is 13.1 Å². The number of rotatable bonds is 8. The first kappa shape index (κ1) is 16.7. The van der Waals surface area contributed by atoms with Gasteiger partial charge in [0.15, 0.2) is 5.82 Å². The number of hydrogen-bond donors (Lipinski definition) is 0. The van der Waals surface area contributed by atoms with E-state index >= 15 is 0 Å². The Morgan fingerprint density at radius 1 is 1.20 bits per heavy atom. The van der Waals surface area contributed by atoms with E-state index in [0.717, 1.165) is 62.4 Å². The maximum atomic E-state index is 5.78. The van der Waals surface area contributed by atoms with Crippen LogP contribution in [0.1, 0.15) is 62.0 Å². The molecule has 1 saturated heterocycles. The van der Waals surface area contributed by atoms with Gasteiger partial charge in [-0.1, -0.05) is 12.1 Å². The van der Waals surface area contributed by atoms with Crippen LogP contribution >= 0.6 is 0 Å². The summed E-state index contributed by atoms with van der Waals surface area (Å²) in [4.78, 5) is 9.13. The maximum absolute atomic E-state index is 5.78. The fraction of sp³-hybridized carbons (Fsp3) is 0.765. The van der Waals surface area contributed by atoms with Crippen molar-refractivity contribution in [2.75, 3.05) is 20.1 Å². The predicted molar refractivity (Wildman–Crippen MR) is 89.7 cm³/mol. The monoisotopic (exact) mass is 346 g/mol. The molecule has 0 amide bonds. The molecular weight excluding hydrogens is 320 g/mol. The van der Waals surface area contributed by atoms with Crippen molar-refractivity contribution < 1.29 is 8.94 Å². The van der Waals surface area contributed by atoms with E-state index in [1.54, 1.807) is 0 Å². The van der Waals surface area contributed by atoms with Crippen molar-refractivity contribution in [3.8, 4) is 0 Å². The van der Waals surface area contributed by atoms with Crippen LogP contribution in [0.3, 0.4) is 0 Å². The van der Waals surface area contributed by atoms with E-state index in [1.807, 2.05) is 0 Å². The minimum Gasteiger partial charge on any atom is -0.424 e. The highest BCUT2D eigenvalue weighted by molar-refractivity contribution is 5.00. The second-order valence-corrected chi connectivity index (χ2v) is 7.26. The summed E-state index contributed by atoms with van der Waals surface area (Å²) in [6.45, 7) is 5.59. The molecule has 8 heteroatoms. The summed E-state index contributed by atoms with van der Waals surface area (Å²) < 4.78 is 11.1. The third-order valence-electron chi connectivity index (χ3n) is 5.01. The van der Waals surface area contributed by atoms with Crippen LogP contribution < -0.4 is 0 Å². The average molecular weight is 346 g/mol. The molecule has 0 unspecified atom stereocenters. The molecule has 2 fully saturated rings. The van der Waals surface area contributed by atoms with Crippen molar-refractivity contribution in [2.45, 2.75) is 64.1 Å². The van der Waals surface area contributed by atoms with Crippen molar-refractivity contribution in [3.63, 3.8) is 0 Å². The average Bonchev–Trinajstić information content (AvgIpc) is 2.99. The van der Waals surface area contributed by atoms with Gasteiger partial charge in [-0.3, -0.25) is 9.80 Å². The Balaban J connectivity index is 1.27. The Bertz CT molecular complexity index is 695. The smallest absolute Gasteiger partial charge is 0.240 e. The van der Waals surface area contributed by atoms with Gasteiger partial charge in [0, 0.05) is 31.5 Å². The summed E-state index contributed by atoms with van der Waals surface area (Å²) in [5.41, 5.74) is 0. The van der Waals surface area contributed by atoms with E-state index < -0.39 is 0 Å². The SMILES string of the molecule is CCCc1noc(CN2CC[C@H](N(C)Cc3nnc(C4CC4)o3)C2)n1. The van der Waals surface area contributed by atoms with Crippen LogP contribution in [0.4, 0.5) is 0 Å². The van der Waals surface area contributed by atoms with Gasteiger partial charge in [-0.2, -0.15) is 4.98 Å². The van der Waals surface area contributed by atoms with Gasteiger partial charge in [0.2, 0.25) is 17.7 Å². The lowest BCUT2D eigenvalue weighted by Crippen LogP contribution is -2.34. The van der Waals surface area contributed by atoms with Crippen LogP contribution in [0, 0.1) is 0 Å². The van der Waals surface area contributed by atoms with Crippen molar-refractivity contribution in [3.05, 3.63) is 23.5 Å². The molecule has 2 aromatic heterocycles. The first-order chi connectivity index (χ1) is 12.2. The fourth-order valence-electron chi connectivity index (χ4n) is 3.35. The molecule has 1 aliphatic heterocycles. The molecule has 0 bridgehead atoms. The molecule has 4 rings (SSSR count). The van der Waals surface area contributed by atoms with Crippen LogP contribution in [0.2, 0.25) is 0 Å². The summed E-state index contributed by atoms with van der Waals surface area (Å²) in [7, 11) is 2.13. The van der Waals surface area contributed by atoms with Crippen LogP contribution in [-0.4, -0.2) is 56.3 Å². The van der Waals surface area contributed by atoms with E-state index in [2.05, 4.69) is 44.1 Å². The van der Waals surface area contributed by atoms with Crippen molar-refractivity contribution in [2.24, 2.45) is 0 Å². The number of aromatic nitrogens is 4. The molecule has 2 aliphatic rings. The Kier molecular flexibility index (Phi) is 4.80. The third kappa shape index (κ3) is 4.07. The largest absolute Gasteiger partial charge is 0.424 e. The Labute approximate surface area is 147 Å². The fourth-order valence-corrected chi connectivity index (χ4v) is 3.35. The highest BCUT2D eigenvalue weighted by atomic mass is 16.5. The van der Waals surface area contributed by atoms with Gasteiger partial charge in [-0.05, 0) is 32.7 Å². The Hall–Kier alpha value is -1.80. The van der Waals surface area contributed by atoms with Crippen LogP contribution in [-0.2, 0) is 19.5 Å². The second kappa shape index (κ2) is 7.21. The quantitative estimate of drug-likeness (QED) is 0.717. The lowest BCUT2D eigenvalue weighted by atomic mass is 10.2. The van der Waals surface area contributed by atoms with Gasteiger partial charge in [0.1, 0.15) is 0 Å². The summed E-state index contributed by atoms with van der Waals surface area (Å²) in [5.74, 6) is 3.59. The van der Waals surface area contributed by atoms with E-state index in [-0.39, 0.29) is 0 Å². The number of likely N-dealkylation sites (tertiary alicyclic amines) is 1. The number of nitrogens with zero attached hydrogens (tertiary/aromatic N) is 6. The Morgan fingerprint density at radius 3 is 2.88 bits per heavy atom. The van der Waals surface area contributed by atoms with Crippen LogP contribution in [0.15, 0.2) is 8.94 Å². The summed E-state index contributed by atoms with van der Waals surface area (Å²) in [6, 6.07) is 0.481. The van der Waals surface area contributed by atoms with Gasteiger partial charge < -0.3 is 8.94 Å². The molecule has 3 heterocycles. The zero-order valence-electron chi connectivity index (χ0n) is 15.0. The molecule has 2 aromatic rings. The number of likely N-dealkylation sites (N-methyl/N-ethyl adjacent to an activating group) is 1. The standard InChI is InChI=1S/C17H26N6O2/c1-3-4-14-18-15(25-21-14)11-23-8-7-13(9-23)22(2)10-16-19-20-17(24-16)12-5-6-12/h12-13H,3-11H2,1-2H3/t13-/m0/s1. The molecule has 136 valence electrons. The minimum absolute atomic E-state index is 0.481. The normalized spacial score (nSPS) is 21.5. The van der Waals surface area contributed by atoms with Crippen LogP contribution in [0.25, 0.3) is 0 Å². The van der Waals surface area contributed by atoms with Crippen molar-refractivity contribution in [1.29, 1.82) is 0 Å². The summed E-state index contributed by atoms with van der Waals surface area (Å²) in [6.07, 6.45) is 5.40. The van der Waals surface area contributed by atoms with Gasteiger partial charge >= 0.3 is 0 Å². The van der Waals surface area contributed by atoms with E-state index in [4.69, 9.17) is 8.94 Å². The summed E-state index contributed by atoms with van der Waals surface area (Å²) in [5, 5.41) is 12.4. The first-order valence-corrected chi connectivity index (χ1v) is 9.27. The van der Waals surface area contributed by atoms with Crippen molar-refractivity contribution in [1.82, 2.24) is 30.1 Å². The highest BCUT2D eigenvalue weighted by Crippen LogP contribution is 2.39. The summed E-state index contributed by atoms with van der Waals surface area (Å²) >= 11 is 0. The molecule has 0 N–H and O–H groups in total. The minimum atomic E-state index is 0.481. The van der Waals surface area contributed by atoms with E-state index in [1.165, 1.54) is 12.8 Å². The second-order valence-electron chi connectivity index (χ2n) is 7.26. The van der Waals surface area contributed by atoms with Crippen molar-refractivity contribution >= 4 is 0 Å². The van der Waals surface area contributed by atoms with Gasteiger partial charge in [-0.25, -0.2) is 0 Å². The molecular formula is C17H26N6O2. The topological polar surface area (TPSA) is 84.3 Å². The lowest BCUT2D eigenvalue weighted by molar-refractivity contribution is 0.197. The molecule has 1 saturated carbocycles. The molecule has 1 atom stereocenters. The van der Waals surface area contributed by atoms with E-state index in [0.29, 0.717) is 18.5 Å². The predicted octanol–water partition coefficient (Wildman–Crippen LogP) is 1.99.